The third-order valence-electron chi connectivity index (χ3n) is 9.83. The molecular weight excluding hydrogens is 583 g/mol. The number of nitrogens with zero attached hydrogens (tertiary/aromatic N) is 1. The quantitative estimate of drug-likeness (QED) is 0.184. The number of hydrogen-bond donors (Lipinski definition) is 0. The molecule has 0 bridgehead atoms. The van der Waals surface area contributed by atoms with Crippen molar-refractivity contribution < 1.29 is 4.42 Å². The second kappa shape index (κ2) is 10.6. The van der Waals surface area contributed by atoms with E-state index < -0.39 is 0 Å². The molecule has 10 rings (SSSR count). The highest BCUT2D eigenvalue weighted by molar-refractivity contribution is 6.13. The van der Waals surface area contributed by atoms with Crippen molar-refractivity contribution in [2.45, 2.75) is 0 Å². The molecule has 0 saturated heterocycles. The van der Waals surface area contributed by atoms with E-state index in [1.807, 2.05) is 12.1 Å². The highest BCUT2D eigenvalue weighted by Gasteiger charge is 2.17. The second-order valence-corrected chi connectivity index (χ2v) is 12.5. The van der Waals surface area contributed by atoms with Crippen LogP contribution in [0.1, 0.15) is 0 Å². The number of rotatable bonds is 4. The van der Waals surface area contributed by atoms with Gasteiger partial charge in [0, 0.05) is 27.8 Å². The van der Waals surface area contributed by atoms with Crippen molar-refractivity contribution >= 4 is 82.1 Å². The van der Waals surface area contributed by atoms with E-state index in [0.717, 1.165) is 39.0 Å². The van der Waals surface area contributed by atoms with Crippen LogP contribution in [0, 0.1) is 0 Å². The van der Waals surface area contributed by atoms with Crippen LogP contribution in [0.4, 0.5) is 17.1 Å². The zero-order valence-corrected chi connectivity index (χ0v) is 26.1. The summed E-state index contributed by atoms with van der Waals surface area (Å²) in [5, 5.41) is 12.3. The zero-order chi connectivity index (χ0) is 31.6. The van der Waals surface area contributed by atoms with E-state index in [2.05, 4.69) is 169 Å². The number of furan rings is 1. The van der Waals surface area contributed by atoms with Crippen LogP contribution in [-0.4, -0.2) is 0 Å². The van der Waals surface area contributed by atoms with Crippen molar-refractivity contribution in [3.05, 3.63) is 176 Å². The molecule has 2 nitrogen and oxygen atoms in total. The Kier molecular flexibility index (Phi) is 5.91. The lowest BCUT2D eigenvalue weighted by atomic mass is 9.94. The summed E-state index contributed by atoms with van der Waals surface area (Å²) < 4.78 is 6.21. The third-order valence-corrected chi connectivity index (χ3v) is 9.83. The fourth-order valence-corrected chi connectivity index (χ4v) is 7.51. The molecule has 48 heavy (non-hydrogen) atoms. The second-order valence-electron chi connectivity index (χ2n) is 12.5. The summed E-state index contributed by atoms with van der Waals surface area (Å²) >= 11 is 0. The molecule has 0 aliphatic heterocycles. The zero-order valence-electron chi connectivity index (χ0n) is 26.1. The van der Waals surface area contributed by atoms with Gasteiger partial charge in [-0.15, -0.1) is 0 Å². The summed E-state index contributed by atoms with van der Waals surface area (Å²) in [7, 11) is 0. The van der Waals surface area contributed by atoms with E-state index in [0.29, 0.717) is 0 Å². The average Bonchev–Trinajstić information content (AvgIpc) is 3.53. The Morgan fingerprint density at radius 2 is 0.854 bits per heavy atom. The number of hydrogen-bond acceptors (Lipinski definition) is 2. The minimum absolute atomic E-state index is 0.892. The van der Waals surface area contributed by atoms with Crippen LogP contribution in [0.3, 0.4) is 0 Å². The standard InChI is InChI=1S/C46H29NO/c1-3-10-37-31(9-1)21-26-41-38(13-7-14-40(37)41)32-18-22-34(23-19-32)47(36-25-27-46-44(29-36)42-12-5-6-15-45(42)48-46)35-24-20-33-17-16-30-8-2-4-11-39(30)43(33)28-35/h1-29H. The molecule has 0 N–H and O–H groups in total. The van der Waals surface area contributed by atoms with Crippen LogP contribution in [-0.2, 0) is 0 Å². The van der Waals surface area contributed by atoms with E-state index in [1.165, 1.54) is 54.2 Å². The van der Waals surface area contributed by atoms with Crippen LogP contribution in [0.5, 0.6) is 0 Å². The van der Waals surface area contributed by atoms with Crippen molar-refractivity contribution in [2.75, 3.05) is 4.90 Å². The van der Waals surface area contributed by atoms with Crippen molar-refractivity contribution in [1.29, 1.82) is 0 Å². The highest BCUT2D eigenvalue weighted by atomic mass is 16.3. The number of para-hydroxylation sites is 1. The molecule has 10 aromatic rings. The number of benzene rings is 9. The van der Waals surface area contributed by atoms with E-state index >= 15 is 0 Å². The first-order valence-corrected chi connectivity index (χ1v) is 16.4. The average molecular weight is 612 g/mol. The Balaban J connectivity index is 1.16. The molecule has 0 spiro atoms. The minimum Gasteiger partial charge on any atom is -0.456 e. The lowest BCUT2D eigenvalue weighted by Gasteiger charge is -2.26. The fourth-order valence-electron chi connectivity index (χ4n) is 7.51. The minimum atomic E-state index is 0.892. The molecule has 0 aliphatic carbocycles. The predicted octanol–water partition coefficient (Wildman–Crippen LogP) is 13.3. The van der Waals surface area contributed by atoms with Gasteiger partial charge in [-0.05, 0) is 103 Å². The van der Waals surface area contributed by atoms with Crippen molar-refractivity contribution in [3.63, 3.8) is 0 Å². The van der Waals surface area contributed by atoms with E-state index in [1.54, 1.807) is 0 Å². The third kappa shape index (κ3) is 4.20. The van der Waals surface area contributed by atoms with Crippen LogP contribution >= 0.6 is 0 Å². The SMILES string of the molecule is c1ccc2c(c1)ccc1ccc(N(c3ccc(-c4cccc5c4ccc4ccccc45)cc3)c3ccc4oc5ccccc5c4c3)cc12. The van der Waals surface area contributed by atoms with Gasteiger partial charge in [-0.1, -0.05) is 127 Å². The lowest BCUT2D eigenvalue weighted by molar-refractivity contribution is 0.669. The van der Waals surface area contributed by atoms with Crippen molar-refractivity contribution in [2.24, 2.45) is 0 Å². The normalized spacial score (nSPS) is 11.8. The number of anilines is 3. The smallest absolute Gasteiger partial charge is 0.135 e. The summed E-state index contributed by atoms with van der Waals surface area (Å²) in [5.74, 6) is 0. The molecular formula is C46H29NO. The van der Waals surface area contributed by atoms with Gasteiger partial charge in [0.05, 0.1) is 0 Å². The van der Waals surface area contributed by atoms with Crippen molar-refractivity contribution in [3.8, 4) is 11.1 Å². The lowest BCUT2D eigenvalue weighted by Crippen LogP contribution is -2.09. The molecule has 0 radical (unpaired) electrons. The van der Waals surface area contributed by atoms with Gasteiger partial charge in [0.15, 0.2) is 0 Å². The molecule has 1 aromatic heterocycles. The largest absolute Gasteiger partial charge is 0.456 e. The molecule has 0 amide bonds. The van der Waals surface area contributed by atoms with Crippen LogP contribution in [0.15, 0.2) is 180 Å². The van der Waals surface area contributed by atoms with Crippen LogP contribution in [0.2, 0.25) is 0 Å². The molecule has 0 aliphatic rings. The van der Waals surface area contributed by atoms with Crippen LogP contribution < -0.4 is 4.90 Å². The van der Waals surface area contributed by atoms with Crippen molar-refractivity contribution in [1.82, 2.24) is 0 Å². The summed E-state index contributed by atoms with van der Waals surface area (Å²) in [4.78, 5) is 2.36. The maximum atomic E-state index is 6.21. The van der Waals surface area contributed by atoms with E-state index in [4.69, 9.17) is 4.42 Å². The molecule has 224 valence electrons. The van der Waals surface area contributed by atoms with Gasteiger partial charge in [-0.3, -0.25) is 0 Å². The maximum absolute atomic E-state index is 6.21. The Morgan fingerprint density at radius 1 is 0.312 bits per heavy atom. The van der Waals surface area contributed by atoms with E-state index in [9.17, 15) is 0 Å². The first-order valence-electron chi connectivity index (χ1n) is 16.4. The molecule has 0 saturated carbocycles. The summed E-state index contributed by atoms with van der Waals surface area (Å²) in [6.45, 7) is 0. The monoisotopic (exact) mass is 611 g/mol. The topological polar surface area (TPSA) is 16.4 Å². The van der Waals surface area contributed by atoms with Gasteiger partial charge in [0.2, 0.25) is 0 Å². The first-order chi connectivity index (χ1) is 23.8. The molecule has 0 unspecified atom stereocenters. The summed E-state index contributed by atoms with van der Waals surface area (Å²) in [6.07, 6.45) is 0. The summed E-state index contributed by atoms with van der Waals surface area (Å²) in [6, 6.07) is 63.5. The molecule has 1 heterocycles. The predicted molar refractivity (Wildman–Crippen MR) is 204 cm³/mol. The van der Waals surface area contributed by atoms with E-state index in [-0.39, 0.29) is 0 Å². The Bertz CT molecular complexity index is 2840. The first kappa shape index (κ1) is 26.8. The van der Waals surface area contributed by atoms with Gasteiger partial charge >= 0.3 is 0 Å². The Labute approximate surface area is 277 Å². The van der Waals surface area contributed by atoms with Gasteiger partial charge < -0.3 is 9.32 Å². The molecule has 2 heteroatoms. The molecule has 9 aromatic carbocycles. The number of fused-ring (bicyclic) bond motifs is 9. The van der Waals surface area contributed by atoms with Gasteiger partial charge in [-0.2, -0.15) is 0 Å². The maximum Gasteiger partial charge on any atom is 0.135 e. The van der Waals surface area contributed by atoms with Gasteiger partial charge in [-0.25, -0.2) is 0 Å². The Hall–Kier alpha value is -6.38. The molecule has 0 atom stereocenters. The Morgan fingerprint density at radius 3 is 1.65 bits per heavy atom. The van der Waals surface area contributed by atoms with Crippen LogP contribution in [0.25, 0.3) is 76.2 Å². The summed E-state index contributed by atoms with van der Waals surface area (Å²) in [5.41, 5.74) is 7.51. The van der Waals surface area contributed by atoms with Gasteiger partial charge in [0.25, 0.3) is 0 Å². The van der Waals surface area contributed by atoms with Gasteiger partial charge in [0.1, 0.15) is 11.2 Å². The highest BCUT2D eigenvalue weighted by Crippen LogP contribution is 2.41. The fraction of sp³-hybridized carbons (Fsp3) is 0. The molecule has 0 fully saturated rings.